The molecule has 68 heavy (non-hydrogen) atoms. The molecular formula is C57H44B3NO5S2. The van der Waals surface area contributed by atoms with E-state index in [-0.39, 0.29) is 31.0 Å². The number of fused-ring (bicyclic) bond motifs is 16. The summed E-state index contributed by atoms with van der Waals surface area (Å²) in [6.45, 7) is 19.7. The molecule has 0 bridgehead atoms. The Labute approximate surface area is 404 Å². The quantitative estimate of drug-likeness (QED) is 0.153. The SMILES string of the molecule is Cc1cc2c3c(c1)Oc1c(sc4ccc(C(C)(C)C)cc14)B3c1cc3c(cc1N2)Oc1cc(C)cc2c1B3c1cc3c(cc1O2)Oc1cc(C)cc2c1B3c1sc3ccc(C(C)(C)C)cc3c1O2. The highest BCUT2D eigenvalue weighted by Crippen LogP contribution is 2.46. The minimum Gasteiger partial charge on any atom is -0.458 e. The van der Waals surface area contributed by atoms with Gasteiger partial charge in [-0.1, -0.05) is 65.8 Å². The van der Waals surface area contributed by atoms with Crippen molar-refractivity contribution in [1.82, 2.24) is 0 Å². The van der Waals surface area contributed by atoms with Crippen LogP contribution in [0.25, 0.3) is 20.2 Å². The predicted octanol–water partition coefficient (Wildman–Crippen LogP) is 9.77. The van der Waals surface area contributed by atoms with E-state index < -0.39 is 0 Å². The Balaban J connectivity index is 0.949. The largest absolute Gasteiger partial charge is 0.458 e. The van der Waals surface area contributed by atoms with Crippen LogP contribution in [0, 0.1) is 20.8 Å². The van der Waals surface area contributed by atoms with Crippen molar-refractivity contribution < 1.29 is 23.7 Å². The number of benzene rings is 7. The third kappa shape index (κ3) is 5.32. The molecule has 6 nitrogen and oxygen atoms in total. The molecule has 0 unspecified atom stereocenters. The second-order valence-corrected chi connectivity index (χ2v) is 24.1. The fourth-order valence-electron chi connectivity index (χ4n) is 11.9. The molecule has 0 radical (unpaired) electrons. The van der Waals surface area contributed by atoms with E-state index in [2.05, 4.69) is 165 Å². The Morgan fingerprint density at radius 2 is 0.824 bits per heavy atom. The summed E-state index contributed by atoms with van der Waals surface area (Å²) in [5.41, 5.74) is 15.9. The molecule has 6 aliphatic rings. The van der Waals surface area contributed by atoms with Crippen LogP contribution in [0.15, 0.2) is 97.1 Å². The summed E-state index contributed by atoms with van der Waals surface area (Å²) in [5, 5.41) is 6.22. The molecule has 0 amide bonds. The van der Waals surface area contributed by atoms with Gasteiger partial charge in [-0.3, -0.25) is 0 Å². The minimum absolute atomic E-state index is 0.00151. The van der Waals surface area contributed by atoms with Crippen LogP contribution >= 0.6 is 22.7 Å². The lowest BCUT2D eigenvalue weighted by molar-refractivity contribution is 0.452. The number of hydrogen-bond donors (Lipinski definition) is 1. The number of aryl methyl sites for hydroxylation is 3. The van der Waals surface area contributed by atoms with Crippen molar-refractivity contribution in [3.8, 4) is 57.5 Å². The van der Waals surface area contributed by atoms with E-state index in [1.807, 2.05) is 22.7 Å². The van der Waals surface area contributed by atoms with Gasteiger partial charge in [0, 0.05) is 64.2 Å². The fraction of sp³-hybridized carbons (Fsp3) is 0.193. The molecule has 0 atom stereocenters. The first kappa shape index (κ1) is 39.4. The average Bonchev–Trinajstić information content (AvgIpc) is 3.84. The Kier molecular flexibility index (Phi) is 7.51. The number of anilines is 2. The molecule has 0 spiro atoms. The smallest absolute Gasteiger partial charge is 0.273 e. The third-order valence-electron chi connectivity index (χ3n) is 15.2. The van der Waals surface area contributed by atoms with Crippen LogP contribution in [-0.4, -0.2) is 20.1 Å². The zero-order valence-electron chi connectivity index (χ0n) is 39.3. The van der Waals surface area contributed by atoms with Crippen LogP contribution in [0.2, 0.25) is 0 Å². The van der Waals surface area contributed by atoms with Gasteiger partial charge >= 0.3 is 0 Å². The molecule has 328 valence electrons. The van der Waals surface area contributed by atoms with Crippen LogP contribution in [0.5, 0.6) is 57.5 Å². The Morgan fingerprint density at radius 1 is 0.397 bits per heavy atom. The van der Waals surface area contributed by atoms with Crippen LogP contribution in [0.1, 0.15) is 69.4 Å². The number of nitrogens with one attached hydrogen (secondary N) is 1. The predicted molar refractivity (Wildman–Crippen MR) is 285 cm³/mol. The molecule has 8 heterocycles. The average molecular weight is 920 g/mol. The molecule has 7 aromatic carbocycles. The number of thiophene rings is 2. The normalized spacial score (nSPS) is 14.9. The zero-order chi connectivity index (χ0) is 46.0. The molecule has 15 rings (SSSR count). The molecule has 0 saturated carbocycles. The molecular weight excluding hydrogens is 875 g/mol. The van der Waals surface area contributed by atoms with Gasteiger partial charge in [0.2, 0.25) is 0 Å². The van der Waals surface area contributed by atoms with Gasteiger partial charge in [-0.2, -0.15) is 0 Å². The molecule has 1 N–H and O–H groups in total. The first-order chi connectivity index (χ1) is 32.6. The van der Waals surface area contributed by atoms with Crippen LogP contribution in [0.4, 0.5) is 11.4 Å². The zero-order valence-corrected chi connectivity index (χ0v) is 41.0. The Bertz CT molecular complexity index is 3610. The van der Waals surface area contributed by atoms with Gasteiger partial charge in [-0.25, -0.2) is 0 Å². The molecule has 9 aromatic rings. The summed E-state index contributed by atoms with van der Waals surface area (Å²) in [5.74, 6) is 8.63. The standard InChI is InChI=1S/C57H44B3NO5S2/c1-26-14-38-49-42(15-26)65-52-31-20-29(56(4,5)6)10-12-47(31)67-54(52)59(49)33-22-34-39(24-37(33)61-38)62-43-16-27(2)17-44-50(43)58(34)35-23-36-41(25-40(35)63-44)64-45-18-28(3)19-46-51(45)60(36)55-53(66-46)32-21-30(57(7,8)9)11-13-48(32)68-55/h10-25,61H,1-9H3. The van der Waals surface area contributed by atoms with Gasteiger partial charge in [0.15, 0.2) is 0 Å². The van der Waals surface area contributed by atoms with Gasteiger partial charge in [0.05, 0.1) is 0 Å². The van der Waals surface area contributed by atoms with Crippen molar-refractivity contribution >= 4 is 122 Å². The van der Waals surface area contributed by atoms with Crippen LogP contribution < -0.4 is 76.8 Å². The maximum atomic E-state index is 7.04. The monoisotopic (exact) mass is 919 g/mol. The lowest BCUT2D eigenvalue weighted by Crippen LogP contribution is -2.63. The van der Waals surface area contributed by atoms with Gasteiger partial charge < -0.3 is 29.0 Å². The highest BCUT2D eigenvalue weighted by atomic mass is 32.1. The van der Waals surface area contributed by atoms with Crippen molar-refractivity contribution in [2.75, 3.05) is 5.32 Å². The number of ether oxygens (including phenoxy) is 5. The maximum absolute atomic E-state index is 7.04. The van der Waals surface area contributed by atoms with Gasteiger partial charge in [0.25, 0.3) is 20.1 Å². The molecule has 0 aliphatic carbocycles. The number of rotatable bonds is 0. The highest BCUT2D eigenvalue weighted by Gasteiger charge is 2.48. The summed E-state index contributed by atoms with van der Waals surface area (Å²) in [6.07, 6.45) is 0. The molecule has 0 fully saturated rings. The van der Waals surface area contributed by atoms with E-state index in [1.54, 1.807) is 0 Å². The van der Waals surface area contributed by atoms with Gasteiger partial charge in [-0.05, 0) is 147 Å². The van der Waals surface area contributed by atoms with Gasteiger partial charge in [-0.15, -0.1) is 22.7 Å². The molecule has 2 aromatic heterocycles. The first-order valence-electron chi connectivity index (χ1n) is 23.7. The van der Waals surface area contributed by atoms with Crippen molar-refractivity contribution in [1.29, 1.82) is 0 Å². The molecule has 11 heteroatoms. The lowest BCUT2D eigenvalue weighted by atomic mass is 9.31. The number of hydrogen-bond acceptors (Lipinski definition) is 8. The minimum atomic E-state index is -0.173. The van der Waals surface area contributed by atoms with Crippen molar-refractivity contribution in [2.45, 2.75) is 73.1 Å². The van der Waals surface area contributed by atoms with E-state index in [9.17, 15) is 0 Å². The summed E-state index contributed by atoms with van der Waals surface area (Å²) in [7, 11) is 0. The highest BCUT2D eigenvalue weighted by molar-refractivity contribution is 7.33. The second-order valence-electron chi connectivity index (χ2n) is 21.9. The van der Waals surface area contributed by atoms with E-state index >= 15 is 0 Å². The topological polar surface area (TPSA) is 58.2 Å². The van der Waals surface area contributed by atoms with E-state index in [1.165, 1.54) is 46.4 Å². The summed E-state index contributed by atoms with van der Waals surface area (Å²) in [4.78, 5) is 0. The van der Waals surface area contributed by atoms with Crippen molar-refractivity contribution in [3.63, 3.8) is 0 Å². The summed E-state index contributed by atoms with van der Waals surface area (Å²) < 4.78 is 39.9. The summed E-state index contributed by atoms with van der Waals surface area (Å²) >= 11 is 3.68. The van der Waals surface area contributed by atoms with E-state index in [0.29, 0.717) is 0 Å². The fourth-order valence-corrected chi connectivity index (χ4v) is 14.4. The van der Waals surface area contributed by atoms with Crippen LogP contribution in [0.3, 0.4) is 0 Å². The maximum Gasteiger partial charge on any atom is 0.273 e. The summed E-state index contributed by atoms with van der Waals surface area (Å²) in [6, 6.07) is 36.1. The molecule has 0 saturated heterocycles. The van der Waals surface area contributed by atoms with Gasteiger partial charge in [0.1, 0.15) is 57.5 Å². The van der Waals surface area contributed by atoms with E-state index in [0.717, 1.165) is 118 Å². The third-order valence-corrected chi connectivity index (χ3v) is 17.6. The Morgan fingerprint density at radius 3 is 1.35 bits per heavy atom. The molecule has 6 aliphatic heterocycles. The Hall–Kier alpha value is -6.55. The lowest BCUT2D eigenvalue weighted by Gasteiger charge is -2.38. The van der Waals surface area contributed by atoms with Crippen molar-refractivity contribution in [3.05, 3.63) is 125 Å². The van der Waals surface area contributed by atoms with Crippen LogP contribution in [-0.2, 0) is 10.8 Å². The first-order valence-corrected chi connectivity index (χ1v) is 25.3. The van der Waals surface area contributed by atoms with E-state index in [4.69, 9.17) is 23.7 Å². The van der Waals surface area contributed by atoms with Crippen molar-refractivity contribution in [2.24, 2.45) is 0 Å². The second kappa shape index (κ2) is 13.0.